The van der Waals surface area contributed by atoms with E-state index in [-0.39, 0.29) is 6.42 Å². The zero-order chi connectivity index (χ0) is 8.91. The molecule has 0 spiro atoms. The maximum absolute atomic E-state index is 8.55. The van der Waals surface area contributed by atoms with Crippen LogP contribution in [0, 0.1) is 5.92 Å². The van der Waals surface area contributed by atoms with Gasteiger partial charge < -0.3 is 15.3 Å². The predicted octanol–water partition coefficient (Wildman–Crippen LogP) is 0.833. The summed E-state index contributed by atoms with van der Waals surface area (Å²) in [5.74, 6) is -2.02. The van der Waals surface area contributed by atoms with Gasteiger partial charge in [-0.3, -0.25) is 0 Å². The van der Waals surface area contributed by atoms with Gasteiger partial charge in [-0.05, 0) is 12.3 Å². The molecule has 0 aromatic rings. The van der Waals surface area contributed by atoms with Crippen LogP contribution in [0.2, 0.25) is 0 Å². The molecule has 0 aliphatic carbocycles. The van der Waals surface area contributed by atoms with E-state index in [9.17, 15) is 0 Å². The SMILES string of the molecule is CCCC(C)CCC(O)(O)O. The molecule has 0 bridgehead atoms. The Balaban J connectivity index is 3.38. The van der Waals surface area contributed by atoms with E-state index in [1.165, 1.54) is 0 Å². The van der Waals surface area contributed by atoms with Gasteiger partial charge in [0.1, 0.15) is 0 Å². The summed E-state index contributed by atoms with van der Waals surface area (Å²) in [6.45, 7) is 4.12. The standard InChI is InChI=1S/C8H18O3/c1-3-4-7(2)5-6-8(9,10)11/h7,9-11H,3-6H2,1-2H3. The molecule has 0 aromatic carbocycles. The summed E-state index contributed by atoms with van der Waals surface area (Å²) in [4.78, 5) is 0. The van der Waals surface area contributed by atoms with E-state index in [0.717, 1.165) is 12.8 Å². The van der Waals surface area contributed by atoms with Gasteiger partial charge in [0.05, 0.1) is 0 Å². The first-order valence-corrected chi connectivity index (χ1v) is 4.13. The highest BCUT2D eigenvalue weighted by Gasteiger charge is 2.18. The van der Waals surface area contributed by atoms with Crippen LogP contribution in [0.1, 0.15) is 39.5 Å². The summed E-state index contributed by atoms with van der Waals surface area (Å²) in [5, 5.41) is 25.6. The summed E-state index contributed by atoms with van der Waals surface area (Å²) in [6, 6.07) is 0. The van der Waals surface area contributed by atoms with Crippen molar-refractivity contribution in [2.45, 2.75) is 45.5 Å². The van der Waals surface area contributed by atoms with Crippen LogP contribution in [0.3, 0.4) is 0 Å². The molecular formula is C8H18O3. The first-order chi connectivity index (χ1) is 4.95. The van der Waals surface area contributed by atoms with Crippen LogP contribution in [0.25, 0.3) is 0 Å². The lowest BCUT2D eigenvalue weighted by atomic mass is 10.00. The van der Waals surface area contributed by atoms with Gasteiger partial charge in [0.25, 0.3) is 5.97 Å². The Bertz CT molecular complexity index is 96.0. The van der Waals surface area contributed by atoms with Gasteiger partial charge in [0.2, 0.25) is 0 Å². The van der Waals surface area contributed by atoms with Gasteiger partial charge in [-0.25, -0.2) is 0 Å². The second kappa shape index (κ2) is 4.70. The average molecular weight is 162 g/mol. The summed E-state index contributed by atoms with van der Waals surface area (Å²) in [6.07, 6.45) is 2.85. The van der Waals surface area contributed by atoms with E-state index in [1.807, 2.05) is 6.92 Å². The van der Waals surface area contributed by atoms with Crippen LogP contribution >= 0.6 is 0 Å². The highest BCUT2D eigenvalue weighted by Crippen LogP contribution is 2.15. The smallest absolute Gasteiger partial charge is 0.275 e. The lowest BCUT2D eigenvalue weighted by Gasteiger charge is -2.16. The van der Waals surface area contributed by atoms with Crippen LogP contribution < -0.4 is 0 Å². The van der Waals surface area contributed by atoms with Gasteiger partial charge in [-0.1, -0.05) is 26.7 Å². The van der Waals surface area contributed by atoms with Crippen LogP contribution in [-0.4, -0.2) is 21.3 Å². The molecule has 68 valence electrons. The predicted molar refractivity (Wildman–Crippen MR) is 42.7 cm³/mol. The molecule has 0 aliphatic rings. The normalized spacial score (nSPS) is 15.0. The Kier molecular flexibility index (Phi) is 4.65. The van der Waals surface area contributed by atoms with Crippen molar-refractivity contribution in [3.05, 3.63) is 0 Å². The fraction of sp³-hybridized carbons (Fsp3) is 1.00. The van der Waals surface area contributed by atoms with E-state index >= 15 is 0 Å². The Morgan fingerprint density at radius 2 is 1.73 bits per heavy atom. The molecule has 0 aromatic heterocycles. The Morgan fingerprint density at radius 1 is 1.18 bits per heavy atom. The molecule has 0 heterocycles. The molecule has 11 heavy (non-hydrogen) atoms. The highest BCUT2D eigenvalue weighted by molar-refractivity contribution is 4.55. The van der Waals surface area contributed by atoms with E-state index in [2.05, 4.69) is 6.92 Å². The Morgan fingerprint density at radius 3 is 2.09 bits per heavy atom. The summed E-state index contributed by atoms with van der Waals surface area (Å²) in [7, 11) is 0. The van der Waals surface area contributed by atoms with Crippen molar-refractivity contribution < 1.29 is 15.3 Å². The van der Waals surface area contributed by atoms with Crippen molar-refractivity contribution in [1.82, 2.24) is 0 Å². The molecule has 3 nitrogen and oxygen atoms in total. The fourth-order valence-electron chi connectivity index (χ4n) is 1.08. The van der Waals surface area contributed by atoms with E-state index in [1.54, 1.807) is 0 Å². The van der Waals surface area contributed by atoms with Crippen molar-refractivity contribution in [2.75, 3.05) is 0 Å². The molecule has 3 heteroatoms. The molecule has 0 aliphatic heterocycles. The zero-order valence-electron chi connectivity index (χ0n) is 7.25. The maximum Gasteiger partial charge on any atom is 0.275 e. The number of hydrogen-bond donors (Lipinski definition) is 3. The maximum atomic E-state index is 8.55. The van der Waals surface area contributed by atoms with Crippen molar-refractivity contribution >= 4 is 0 Å². The molecular weight excluding hydrogens is 144 g/mol. The van der Waals surface area contributed by atoms with Crippen LogP contribution in [0.5, 0.6) is 0 Å². The third-order valence-corrected chi connectivity index (χ3v) is 1.75. The van der Waals surface area contributed by atoms with Gasteiger partial charge in [0.15, 0.2) is 0 Å². The fourth-order valence-corrected chi connectivity index (χ4v) is 1.08. The minimum Gasteiger partial charge on any atom is -0.344 e. The molecule has 0 saturated heterocycles. The van der Waals surface area contributed by atoms with E-state index < -0.39 is 5.97 Å². The minimum absolute atomic E-state index is 0.0359. The van der Waals surface area contributed by atoms with Crippen molar-refractivity contribution in [2.24, 2.45) is 5.92 Å². The molecule has 0 saturated carbocycles. The molecule has 0 amide bonds. The summed E-state index contributed by atoms with van der Waals surface area (Å²) >= 11 is 0. The second-order valence-electron chi connectivity index (χ2n) is 3.21. The van der Waals surface area contributed by atoms with Crippen molar-refractivity contribution in [3.63, 3.8) is 0 Å². The Labute approximate surface area is 67.7 Å². The van der Waals surface area contributed by atoms with Gasteiger partial charge in [-0.2, -0.15) is 0 Å². The third kappa shape index (κ3) is 7.78. The van der Waals surface area contributed by atoms with Gasteiger partial charge in [-0.15, -0.1) is 0 Å². The first-order valence-electron chi connectivity index (χ1n) is 4.13. The topological polar surface area (TPSA) is 60.7 Å². The first kappa shape index (κ1) is 10.9. The van der Waals surface area contributed by atoms with Crippen LogP contribution in [0.15, 0.2) is 0 Å². The quantitative estimate of drug-likeness (QED) is 0.525. The molecule has 3 N–H and O–H groups in total. The monoisotopic (exact) mass is 162 g/mol. The lowest BCUT2D eigenvalue weighted by Crippen LogP contribution is -2.27. The van der Waals surface area contributed by atoms with Gasteiger partial charge in [0, 0.05) is 6.42 Å². The van der Waals surface area contributed by atoms with E-state index in [4.69, 9.17) is 15.3 Å². The largest absolute Gasteiger partial charge is 0.344 e. The van der Waals surface area contributed by atoms with Crippen LogP contribution in [0.4, 0.5) is 0 Å². The number of aliphatic hydroxyl groups is 3. The summed E-state index contributed by atoms with van der Waals surface area (Å²) in [5.41, 5.74) is 0. The molecule has 1 atom stereocenters. The lowest BCUT2D eigenvalue weighted by molar-refractivity contribution is -0.315. The minimum atomic E-state index is -2.47. The zero-order valence-corrected chi connectivity index (χ0v) is 7.25. The molecule has 0 fully saturated rings. The Hall–Kier alpha value is -0.120. The second-order valence-corrected chi connectivity index (χ2v) is 3.21. The highest BCUT2D eigenvalue weighted by atomic mass is 16.7. The van der Waals surface area contributed by atoms with Crippen molar-refractivity contribution in [1.29, 1.82) is 0 Å². The van der Waals surface area contributed by atoms with Gasteiger partial charge >= 0.3 is 0 Å². The number of rotatable bonds is 5. The van der Waals surface area contributed by atoms with Crippen molar-refractivity contribution in [3.8, 4) is 0 Å². The number of hydrogen-bond acceptors (Lipinski definition) is 3. The van der Waals surface area contributed by atoms with Crippen LogP contribution in [-0.2, 0) is 0 Å². The summed E-state index contributed by atoms with van der Waals surface area (Å²) < 4.78 is 0. The molecule has 0 rings (SSSR count). The third-order valence-electron chi connectivity index (χ3n) is 1.75. The molecule has 1 unspecified atom stereocenters. The van der Waals surface area contributed by atoms with E-state index in [0.29, 0.717) is 12.3 Å². The average Bonchev–Trinajstić information content (AvgIpc) is 1.83. The molecule has 0 radical (unpaired) electrons.